The Kier molecular flexibility index (Phi) is 8.00. The van der Waals surface area contributed by atoms with Gasteiger partial charge in [0.05, 0.1) is 12.7 Å². The zero-order valence-corrected chi connectivity index (χ0v) is 18.9. The second-order valence-corrected chi connectivity index (χ2v) is 8.37. The van der Waals surface area contributed by atoms with Crippen molar-refractivity contribution in [1.82, 2.24) is 0 Å². The van der Waals surface area contributed by atoms with Gasteiger partial charge < -0.3 is 19.5 Å². The van der Waals surface area contributed by atoms with Crippen molar-refractivity contribution in [3.05, 3.63) is 52.5 Å². The Balaban J connectivity index is 1.96. The molecule has 2 aromatic rings. The lowest BCUT2D eigenvalue weighted by Gasteiger charge is -2.16. The highest BCUT2D eigenvalue weighted by molar-refractivity contribution is 9.10. The van der Waals surface area contributed by atoms with Crippen molar-refractivity contribution >= 4 is 39.3 Å². The van der Waals surface area contributed by atoms with Crippen molar-refractivity contribution in [1.29, 1.82) is 0 Å². The van der Waals surface area contributed by atoms with E-state index in [1.165, 1.54) is 25.3 Å². The molecule has 0 aromatic heterocycles. The largest absolute Gasteiger partial charge is 0.493 e. The molecule has 2 rings (SSSR count). The van der Waals surface area contributed by atoms with E-state index in [2.05, 4.69) is 21.2 Å². The van der Waals surface area contributed by atoms with Crippen LogP contribution in [0.4, 0.5) is 5.69 Å². The van der Waals surface area contributed by atoms with Gasteiger partial charge in [-0.05, 0) is 42.5 Å². The highest BCUT2D eigenvalue weighted by Crippen LogP contribution is 2.28. The Labute approximate surface area is 183 Å². The summed E-state index contributed by atoms with van der Waals surface area (Å²) < 4.78 is 16.7. The lowest BCUT2D eigenvalue weighted by molar-refractivity contribution is -0.129. The summed E-state index contributed by atoms with van der Waals surface area (Å²) in [6, 6.07) is 11.6. The fourth-order valence-electron chi connectivity index (χ4n) is 2.22. The fraction of sp³-hybridized carbons (Fsp3) is 0.318. The smallest absolute Gasteiger partial charge is 0.338 e. The van der Waals surface area contributed by atoms with Gasteiger partial charge in [-0.15, -0.1) is 0 Å². The topological polar surface area (TPSA) is 90.9 Å². The number of Topliss-reactive ketones (excluding diaryl/α,β-unsaturated/α-hetero) is 1. The summed E-state index contributed by atoms with van der Waals surface area (Å²) in [6.45, 7) is 4.72. The molecule has 7 nitrogen and oxygen atoms in total. The predicted octanol–water partition coefficient (Wildman–Crippen LogP) is 4.25. The van der Waals surface area contributed by atoms with Gasteiger partial charge in [-0.2, -0.15) is 0 Å². The van der Waals surface area contributed by atoms with Crippen molar-refractivity contribution in [2.75, 3.05) is 25.6 Å². The summed E-state index contributed by atoms with van der Waals surface area (Å²) >= 11 is 3.33. The normalized spacial score (nSPS) is 10.8. The number of halogens is 1. The fourth-order valence-corrected chi connectivity index (χ4v) is 2.48. The number of methoxy groups -OCH3 is 1. The van der Waals surface area contributed by atoms with Gasteiger partial charge in [0.15, 0.2) is 30.5 Å². The molecule has 0 aliphatic rings. The highest BCUT2D eigenvalue weighted by atomic mass is 79.9. The Bertz CT molecular complexity index is 918. The molecule has 0 heterocycles. The van der Waals surface area contributed by atoms with E-state index in [0.29, 0.717) is 11.4 Å². The third kappa shape index (κ3) is 6.88. The second-order valence-electron chi connectivity index (χ2n) is 7.46. The summed E-state index contributed by atoms with van der Waals surface area (Å²) in [6.07, 6.45) is 0. The summed E-state index contributed by atoms with van der Waals surface area (Å²) in [5.74, 6) is -0.609. The SMILES string of the molecule is COc1cc(C(=O)OCC(=O)C(C)(C)C)ccc1OCC(=O)Nc1ccc(Br)cc1. The van der Waals surface area contributed by atoms with Crippen LogP contribution < -0.4 is 14.8 Å². The highest BCUT2D eigenvalue weighted by Gasteiger charge is 2.23. The van der Waals surface area contributed by atoms with Crippen LogP contribution in [0, 0.1) is 5.41 Å². The van der Waals surface area contributed by atoms with Crippen LogP contribution in [-0.4, -0.2) is 38.0 Å². The van der Waals surface area contributed by atoms with Crippen LogP contribution in [0.1, 0.15) is 31.1 Å². The zero-order valence-electron chi connectivity index (χ0n) is 17.3. The van der Waals surface area contributed by atoms with Crippen LogP contribution in [0.2, 0.25) is 0 Å². The van der Waals surface area contributed by atoms with Crippen molar-refractivity contribution in [2.45, 2.75) is 20.8 Å². The van der Waals surface area contributed by atoms with Crippen LogP contribution in [-0.2, 0) is 14.3 Å². The molecule has 0 unspecified atom stereocenters. The molecule has 8 heteroatoms. The van der Waals surface area contributed by atoms with Gasteiger partial charge in [-0.25, -0.2) is 4.79 Å². The number of hydrogen-bond acceptors (Lipinski definition) is 6. The van der Waals surface area contributed by atoms with E-state index in [1.54, 1.807) is 32.9 Å². The lowest BCUT2D eigenvalue weighted by atomic mass is 9.91. The average molecular weight is 478 g/mol. The van der Waals surface area contributed by atoms with Gasteiger partial charge >= 0.3 is 5.97 Å². The quantitative estimate of drug-likeness (QED) is 0.571. The molecule has 0 spiro atoms. The van der Waals surface area contributed by atoms with E-state index >= 15 is 0 Å². The van der Waals surface area contributed by atoms with E-state index in [0.717, 1.165) is 4.47 Å². The lowest BCUT2D eigenvalue weighted by Crippen LogP contribution is -2.26. The van der Waals surface area contributed by atoms with E-state index in [4.69, 9.17) is 14.2 Å². The molecule has 30 heavy (non-hydrogen) atoms. The van der Waals surface area contributed by atoms with Crippen LogP contribution in [0.5, 0.6) is 11.5 Å². The molecule has 0 saturated heterocycles. The number of hydrogen-bond donors (Lipinski definition) is 1. The Hall–Kier alpha value is -2.87. The van der Waals surface area contributed by atoms with Crippen molar-refractivity contribution in [2.24, 2.45) is 5.41 Å². The maximum Gasteiger partial charge on any atom is 0.338 e. The Morgan fingerprint density at radius 1 is 0.967 bits per heavy atom. The van der Waals surface area contributed by atoms with Crippen molar-refractivity contribution in [3.63, 3.8) is 0 Å². The zero-order chi connectivity index (χ0) is 22.3. The predicted molar refractivity (Wildman–Crippen MR) is 116 cm³/mol. The van der Waals surface area contributed by atoms with Gasteiger partial charge in [0.2, 0.25) is 0 Å². The maximum atomic E-state index is 12.2. The first-order chi connectivity index (χ1) is 14.1. The van der Waals surface area contributed by atoms with E-state index in [-0.39, 0.29) is 36.2 Å². The summed E-state index contributed by atoms with van der Waals surface area (Å²) in [5.41, 5.74) is 0.258. The van der Waals surface area contributed by atoms with Gasteiger partial charge in [0, 0.05) is 15.6 Å². The third-order valence-electron chi connectivity index (χ3n) is 4.06. The van der Waals surface area contributed by atoms with Crippen LogP contribution >= 0.6 is 15.9 Å². The minimum atomic E-state index is -0.648. The summed E-state index contributed by atoms with van der Waals surface area (Å²) in [4.78, 5) is 36.2. The molecule has 0 radical (unpaired) electrons. The standard InChI is InChI=1S/C22H24BrNO6/c1-22(2,3)19(25)12-30-21(27)14-5-10-17(18(11-14)28-4)29-13-20(26)24-16-8-6-15(23)7-9-16/h5-11H,12-13H2,1-4H3,(H,24,26). The molecule has 0 bridgehead atoms. The first kappa shape index (κ1) is 23.4. The molecular formula is C22H24BrNO6. The molecule has 160 valence electrons. The molecule has 1 amide bonds. The summed E-state index contributed by atoms with van der Waals surface area (Å²) in [5, 5.41) is 2.71. The van der Waals surface area contributed by atoms with Gasteiger partial charge in [-0.3, -0.25) is 9.59 Å². The minimum Gasteiger partial charge on any atom is -0.493 e. The molecule has 2 aromatic carbocycles. The van der Waals surface area contributed by atoms with Crippen LogP contribution in [0.25, 0.3) is 0 Å². The minimum absolute atomic E-state index is 0.181. The van der Waals surface area contributed by atoms with Gasteiger partial charge in [-0.1, -0.05) is 36.7 Å². The number of rotatable bonds is 8. The van der Waals surface area contributed by atoms with E-state index < -0.39 is 11.4 Å². The number of benzene rings is 2. The van der Waals surface area contributed by atoms with Crippen LogP contribution in [0.15, 0.2) is 46.9 Å². The number of esters is 1. The number of anilines is 1. The molecule has 0 atom stereocenters. The number of nitrogens with one attached hydrogen (secondary N) is 1. The van der Waals surface area contributed by atoms with E-state index in [1.807, 2.05) is 12.1 Å². The number of carbonyl (C=O) groups excluding carboxylic acids is 3. The van der Waals surface area contributed by atoms with Gasteiger partial charge in [0.25, 0.3) is 5.91 Å². The molecule has 1 N–H and O–H groups in total. The molecule has 0 aliphatic heterocycles. The number of carbonyl (C=O) groups is 3. The number of ether oxygens (including phenoxy) is 3. The number of ketones is 1. The Morgan fingerprint density at radius 2 is 1.63 bits per heavy atom. The van der Waals surface area contributed by atoms with Crippen LogP contribution in [0.3, 0.4) is 0 Å². The first-order valence-corrected chi connectivity index (χ1v) is 9.96. The molecular weight excluding hydrogens is 454 g/mol. The van der Waals surface area contributed by atoms with Gasteiger partial charge in [0.1, 0.15) is 0 Å². The van der Waals surface area contributed by atoms with Crippen molar-refractivity contribution < 1.29 is 28.6 Å². The molecule has 0 fully saturated rings. The first-order valence-electron chi connectivity index (χ1n) is 9.17. The molecule has 0 saturated carbocycles. The average Bonchev–Trinajstić information content (AvgIpc) is 2.71. The number of amides is 1. The second kappa shape index (κ2) is 10.2. The maximum absolute atomic E-state index is 12.2. The third-order valence-corrected chi connectivity index (χ3v) is 4.59. The van der Waals surface area contributed by atoms with Crippen molar-refractivity contribution in [3.8, 4) is 11.5 Å². The van der Waals surface area contributed by atoms with E-state index in [9.17, 15) is 14.4 Å². The monoisotopic (exact) mass is 477 g/mol. The summed E-state index contributed by atoms with van der Waals surface area (Å²) in [7, 11) is 1.42. The molecule has 0 aliphatic carbocycles. The Morgan fingerprint density at radius 3 is 2.23 bits per heavy atom.